The Morgan fingerprint density at radius 3 is 2.83 bits per heavy atom. The molecule has 2 nitrogen and oxygen atoms in total. The Bertz CT molecular complexity index is 38.8. The highest BCUT2D eigenvalue weighted by molar-refractivity contribution is 4.54. The van der Waals surface area contributed by atoms with E-state index in [0.717, 1.165) is 0 Å². The van der Waals surface area contributed by atoms with Crippen LogP contribution in [0.5, 0.6) is 0 Å². The molecule has 0 bridgehead atoms. The molecule has 1 rings (SSSR count). The minimum absolute atomic E-state index is 0.269. The molecule has 1 heterocycles. The first-order valence-corrected chi connectivity index (χ1v) is 1.98. The highest BCUT2D eigenvalue weighted by Crippen LogP contribution is 2.03. The summed E-state index contributed by atoms with van der Waals surface area (Å²) in [5.41, 5.74) is 0. The van der Waals surface area contributed by atoms with Gasteiger partial charge in [-0.2, -0.15) is 0 Å². The van der Waals surface area contributed by atoms with Crippen molar-refractivity contribution in [2.24, 2.45) is 0 Å². The average Bonchev–Trinajstić information content (AvgIpc) is 1.86. The van der Waals surface area contributed by atoms with Crippen LogP contribution in [0.25, 0.3) is 0 Å². The third kappa shape index (κ3) is 0.698. The van der Waals surface area contributed by atoms with Gasteiger partial charge in [-0.25, -0.2) is 0 Å². The molecule has 0 N–H and O–H groups in total. The van der Waals surface area contributed by atoms with Crippen molar-refractivity contribution in [3.8, 4) is 0 Å². The second-order valence-electron chi connectivity index (χ2n) is 1.38. The molecule has 0 saturated carbocycles. The molecule has 0 amide bonds. The van der Waals surface area contributed by atoms with E-state index < -0.39 is 0 Å². The van der Waals surface area contributed by atoms with Crippen LogP contribution in [0.1, 0.15) is 6.92 Å². The molecule has 0 aromatic rings. The van der Waals surface area contributed by atoms with Crippen LogP contribution < -0.4 is 0 Å². The molecule has 1 aliphatic rings. The maximum Gasteiger partial charge on any atom is 0.209 e. The Balaban J connectivity index is 2.18. The predicted molar refractivity (Wildman–Crippen MR) is 20.8 cm³/mol. The van der Waals surface area contributed by atoms with Gasteiger partial charge in [0.25, 0.3) is 0 Å². The molecular formula is C4H7O2. The van der Waals surface area contributed by atoms with Gasteiger partial charge in [0.05, 0.1) is 12.7 Å². The molecule has 1 aliphatic heterocycles. The van der Waals surface area contributed by atoms with Crippen molar-refractivity contribution in [1.82, 2.24) is 0 Å². The van der Waals surface area contributed by atoms with Crippen LogP contribution in [0.3, 0.4) is 0 Å². The van der Waals surface area contributed by atoms with Gasteiger partial charge in [-0.15, -0.1) is 0 Å². The standard InChI is InChI=1S/C4H7O2/c1-4-2-5-3-6-4/h3-4H,2H2,1H3. The molecule has 1 unspecified atom stereocenters. The van der Waals surface area contributed by atoms with Gasteiger partial charge in [0.1, 0.15) is 0 Å². The molecule has 2 heteroatoms. The smallest absolute Gasteiger partial charge is 0.209 e. The fraction of sp³-hybridized carbons (Fsp3) is 0.750. The molecule has 1 atom stereocenters. The summed E-state index contributed by atoms with van der Waals surface area (Å²) in [6.45, 7) is 4.05. The Morgan fingerprint density at radius 1 is 1.83 bits per heavy atom. The number of rotatable bonds is 0. The van der Waals surface area contributed by atoms with Crippen LogP contribution in [0.15, 0.2) is 0 Å². The molecule has 1 radical (unpaired) electrons. The molecule has 35 valence electrons. The van der Waals surface area contributed by atoms with Gasteiger partial charge in [0.2, 0.25) is 6.79 Å². The van der Waals surface area contributed by atoms with Crippen LogP contribution in [0.2, 0.25) is 0 Å². The first-order valence-electron chi connectivity index (χ1n) is 1.98. The number of ether oxygens (including phenoxy) is 2. The topological polar surface area (TPSA) is 18.5 Å². The van der Waals surface area contributed by atoms with Crippen LogP contribution >= 0.6 is 0 Å². The number of hydrogen-bond donors (Lipinski definition) is 0. The maximum absolute atomic E-state index is 4.81. The fourth-order valence-electron chi connectivity index (χ4n) is 0.348. The summed E-state index contributed by atoms with van der Waals surface area (Å²) < 4.78 is 9.52. The van der Waals surface area contributed by atoms with Gasteiger partial charge in [0.15, 0.2) is 0 Å². The van der Waals surface area contributed by atoms with E-state index in [4.69, 9.17) is 9.47 Å². The van der Waals surface area contributed by atoms with Gasteiger partial charge in [0, 0.05) is 0 Å². The van der Waals surface area contributed by atoms with E-state index >= 15 is 0 Å². The summed E-state index contributed by atoms with van der Waals surface area (Å²) in [6.07, 6.45) is 0.269. The van der Waals surface area contributed by atoms with Gasteiger partial charge in [-0.3, -0.25) is 0 Å². The quantitative estimate of drug-likeness (QED) is 0.429. The van der Waals surface area contributed by atoms with Crippen LogP contribution in [0.4, 0.5) is 0 Å². The normalized spacial score (nSPS) is 34.5. The molecule has 0 aliphatic carbocycles. The van der Waals surface area contributed by atoms with Crippen LogP contribution in [-0.2, 0) is 9.47 Å². The van der Waals surface area contributed by atoms with Crippen molar-refractivity contribution in [1.29, 1.82) is 0 Å². The molecule has 0 aromatic carbocycles. The monoisotopic (exact) mass is 87.0 g/mol. The summed E-state index contributed by atoms with van der Waals surface area (Å²) in [7, 11) is 0. The summed E-state index contributed by atoms with van der Waals surface area (Å²) in [4.78, 5) is 0. The molecule has 0 aromatic heterocycles. The molecular weight excluding hydrogens is 80.0 g/mol. The van der Waals surface area contributed by atoms with Gasteiger partial charge in [-0.05, 0) is 6.92 Å². The third-order valence-electron chi connectivity index (χ3n) is 0.687. The highest BCUT2D eigenvalue weighted by atomic mass is 16.7. The first kappa shape index (κ1) is 4.09. The van der Waals surface area contributed by atoms with Crippen LogP contribution in [0, 0.1) is 6.79 Å². The van der Waals surface area contributed by atoms with Gasteiger partial charge < -0.3 is 9.47 Å². The SMILES string of the molecule is CC1CO[CH]O1. The van der Waals surface area contributed by atoms with Crippen molar-refractivity contribution < 1.29 is 9.47 Å². The molecule has 6 heavy (non-hydrogen) atoms. The zero-order chi connectivity index (χ0) is 4.41. The van der Waals surface area contributed by atoms with Gasteiger partial charge >= 0.3 is 0 Å². The summed E-state index contributed by atoms with van der Waals surface area (Å²) >= 11 is 0. The second-order valence-corrected chi connectivity index (χ2v) is 1.38. The molecule has 1 saturated heterocycles. The lowest BCUT2D eigenvalue weighted by atomic mass is 10.5. The van der Waals surface area contributed by atoms with Crippen molar-refractivity contribution in [2.45, 2.75) is 13.0 Å². The molecule has 1 fully saturated rings. The largest absolute Gasteiger partial charge is 0.345 e. The lowest BCUT2D eigenvalue weighted by Crippen LogP contribution is -1.99. The van der Waals surface area contributed by atoms with E-state index in [2.05, 4.69) is 0 Å². The zero-order valence-electron chi connectivity index (χ0n) is 3.68. The second kappa shape index (κ2) is 1.58. The molecule has 0 spiro atoms. The van der Waals surface area contributed by atoms with Crippen LogP contribution in [-0.4, -0.2) is 12.7 Å². The maximum atomic E-state index is 4.81. The first-order chi connectivity index (χ1) is 2.89. The van der Waals surface area contributed by atoms with E-state index in [1.54, 1.807) is 0 Å². The van der Waals surface area contributed by atoms with E-state index in [-0.39, 0.29) is 6.10 Å². The summed E-state index contributed by atoms with van der Waals surface area (Å²) in [5, 5.41) is 0. The Morgan fingerprint density at radius 2 is 2.67 bits per heavy atom. The fourth-order valence-corrected chi connectivity index (χ4v) is 0.348. The van der Waals surface area contributed by atoms with Crippen molar-refractivity contribution in [3.63, 3.8) is 0 Å². The van der Waals surface area contributed by atoms with E-state index in [1.165, 1.54) is 6.79 Å². The summed E-state index contributed by atoms with van der Waals surface area (Å²) in [6, 6.07) is 0. The van der Waals surface area contributed by atoms with Gasteiger partial charge in [-0.1, -0.05) is 0 Å². The van der Waals surface area contributed by atoms with Crippen molar-refractivity contribution >= 4 is 0 Å². The van der Waals surface area contributed by atoms with E-state index in [9.17, 15) is 0 Å². The lowest BCUT2D eigenvalue weighted by Gasteiger charge is -1.90. The minimum Gasteiger partial charge on any atom is -0.345 e. The lowest BCUT2D eigenvalue weighted by molar-refractivity contribution is 0.135. The highest BCUT2D eigenvalue weighted by Gasteiger charge is 2.08. The predicted octanol–water partition coefficient (Wildman–Crippen LogP) is 0.541. The zero-order valence-corrected chi connectivity index (χ0v) is 3.68. The Hall–Kier alpha value is -0.0800. The Kier molecular flexibility index (Phi) is 1.08. The van der Waals surface area contributed by atoms with E-state index in [1.807, 2.05) is 6.92 Å². The minimum atomic E-state index is 0.269. The third-order valence-corrected chi connectivity index (χ3v) is 0.687. The Labute approximate surface area is 37.1 Å². The number of hydrogen-bond acceptors (Lipinski definition) is 2. The average molecular weight is 87.1 g/mol. The van der Waals surface area contributed by atoms with Crippen molar-refractivity contribution in [3.05, 3.63) is 6.79 Å². The summed E-state index contributed by atoms with van der Waals surface area (Å²) in [5.74, 6) is 0. The van der Waals surface area contributed by atoms with Crippen molar-refractivity contribution in [2.75, 3.05) is 6.61 Å². The van der Waals surface area contributed by atoms with E-state index in [0.29, 0.717) is 6.61 Å².